The quantitative estimate of drug-likeness (QED) is 0.706. The molecule has 0 saturated carbocycles. The SMILES string of the molecule is CC(N)c1nc(C(=O)NCCc2ccc(S(N)(=O)=O)cc2)cs1. The van der Waals surface area contributed by atoms with Crippen LogP contribution in [0.3, 0.4) is 0 Å². The average Bonchev–Trinajstić information content (AvgIpc) is 2.97. The second-order valence-corrected chi connectivity index (χ2v) is 7.51. The van der Waals surface area contributed by atoms with Gasteiger partial charge in [-0.05, 0) is 31.0 Å². The van der Waals surface area contributed by atoms with Crippen LogP contribution in [0.1, 0.15) is 34.0 Å². The summed E-state index contributed by atoms with van der Waals surface area (Å²) < 4.78 is 22.3. The molecular weight excluding hydrogens is 336 g/mol. The zero-order chi connectivity index (χ0) is 17.0. The van der Waals surface area contributed by atoms with Gasteiger partial charge in [0.05, 0.1) is 10.9 Å². The fourth-order valence-electron chi connectivity index (χ4n) is 1.86. The number of carbonyl (C=O) groups excluding carboxylic acids is 1. The summed E-state index contributed by atoms with van der Waals surface area (Å²) in [6.45, 7) is 2.23. The number of rotatable bonds is 6. The Balaban J connectivity index is 1.88. The van der Waals surface area contributed by atoms with Crippen LogP contribution in [-0.4, -0.2) is 25.9 Å². The zero-order valence-corrected chi connectivity index (χ0v) is 14.2. The highest BCUT2D eigenvalue weighted by atomic mass is 32.2. The fraction of sp³-hybridized carbons (Fsp3) is 0.286. The van der Waals surface area contributed by atoms with E-state index in [1.165, 1.54) is 23.5 Å². The molecule has 0 radical (unpaired) electrons. The number of hydrogen-bond acceptors (Lipinski definition) is 6. The first-order valence-electron chi connectivity index (χ1n) is 6.88. The smallest absolute Gasteiger partial charge is 0.270 e. The van der Waals surface area contributed by atoms with Gasteiger partial charge in [0, 0.05) is 11.9 Å². The van der Waals surface area contributed by atoms with Crippen LogP contribution in [0, 0.1) is 0 Å². The van der Waals surface area contributed by atoms with Gasteiger partial charge in [0.2, 0.25) is 10.0 Å². The lowest BCUT2D eigenvalue weighted by molar-refractivity contribution is 0.0949. The molecule has 0 saturated heterocycles. The molecule has 23 heavy (non-hydrogen) atoms. The monoisotopic (exact) mass is 354 g/mol. The number of sulfonamides is 1. The van der Waals surface area contributed by atoms with E-state index in [0.29, 0.717) is 23.7 Å². The van der Waals surface area contributed by atoms with Crippen LogP contribution in [0.15, 0.2) is 34.5 Å². The molecule has 1 aromatic carbocycles. The Bertz CT molecular complexity index is 783. The van der Waals surface area contributed by atoms with E-state index in [1.807, 2.05) is 6.92 Å². The van der Waals surface area contributed by atoms with Crippen molar-refractivity contribution in [2.75, 3.05) is 6.54 Å². The first-order chi connectivity index (χ1) is 10.8. The maximum atomic E-state index is 12.0. The molecule has 0 spiro atoms. The van der Waals surface area contributed by atoms with Crippen molar-refractivity contribution in [2.24, 2.45) is 10.9 Å². The Hall–Kier alpha value is -1.81. The normalized spacial score (nSPS) is 12.8. The Labute approximate surface area is 138 Å². The predicted molar refractivity (Wildman–Crippen MR) is 88.6 cm³/mol. The molecule has 0 bridgehead atoms. The number of primary sulfonamides is 1. The van der Waals surface area contributed by atoms with Crippen LogP contribution in [0.25, 0.3) is 0 Å². The van der Waals surface area contributed by atoms with Crippen molar-refractivity contribution in [3.05, 3.63) is 45.9 Å². The summed E-state index contributed by atoms with van der Waals surface area (Å²) in [7, 11) is -3.68. The Kier molecular flexibility index (Phi) is 5.47. The van der Waals surface area contributed by atoms with Crippen LogP contribution >= 0.6 is 11.3 Å². The number of thiazole rings is 1. The van der Waals surface area contributed by atoms with Crippen molar-refractivity contribution in [1.29, 1.82) is 0 Å². The summed E-state index contributed by atoms with van der Waals surface area (Å²) in [5.41, 5.74) is 6.96. The summed E-state index contributed by atoms with van der Waals surface area (Å²) in [5, 5.41) is 10.2. The molecule has 1 heterocycles. The van der Waals surface area contributed by atoms with Crippen molar-refractivity contribution < 1.29 is 13.2 Å². The van der Waals surface area contributed by atoms with Crippen LogP contribution in [0.5, 0.6) is 0 Å². The molecule has 9 heteroatoms. The largest absolute Gasteiger partial charge is 0.350 e. The maximum Gasteiger partial charge on any atom is 0.270 e. The highest BCUT2D eigenvalue weighted by molar-refractivity contribution is 7.89. The molecule has 1 aromatic heterocycles. The second-order valence-electron chi connectivity index (χ2n) is 5.05. The highest BCUT2D eigenvalue weighted by Crippen LogP contribution is 2.15. The zero-order valence-electron chi connectivity index (χ0n) is 12.5. The molecule has 5 N–H and O–H groups in total. The van der Waals surface area contributed by atoms with Crippen molar-refractivity contribution in [3.8, 4) is 0 Å². The number of hydrogen-bond donors (Lipinski definition) is 3. The summed E-state index contributed by atoms with van der Waals surface area (Å²) >= 11 is 1.35. The Morgan fingerprint density at radius 1 is 1.35 bits per heavy atom. The number of aromatic nitrogens is 1. The molecule has 0 aliphatic heterocycles. The third-order valence-electron chi connectivity index (χ3n) is 3.10. The molecule has 0 aliphatic carbocycles. The summed E-state index contributed by atoms with van der Waals surface area (Å²) in [6, 6.07) is 6.04. The summed E-state index contributed by atoms with van der Waals surface area (Å²) in [6.07, 6.45) is 0.570. The molecule has 0 fully saturated rings. The molecule has 124 valence electrons. The van der Waals surface area contributed by atoms with E-state index >= 15 is 0 Å². The molecular formula is C14H18N4O3S2. The van der Waals surface area contributed by atoms with Crippen molar-refractivity contribution in [2.45, 2.75) is 24.3 Å². The molecule has 2 rings (SSSR count). The fourth-order valence-corrected chi connectivity index (χ4v) is 3.13. The number of nitrogens with two attached hydrogens (primary N) is 2. The number of carbonyl (C=O) groups is 1. The van der Waals surface area contributed by atoms with Gasteiger partial charge in [-0.25, -0.2) is 18.5 Å². The van der Waals surface area contributed by atoms with Gasteiger partial charge in [-0.2, -0.15) is 0 Å². The van der Waals surface area contributed by atoms with Gasteiger partial charge in [-0.15, -0.1) is 11.3 Å². The molecule has 2 aromatic rings. The topological polar surface area (TPSA) is 128 Å². The van der Waals surface area contributed by atoms with Crippen LogP contribution in [0.4, 0.5) is 0 Å². The van der Waals surface area contributed by atoms with E-state index in [1.54, 1.807) is 17.5 Å². The van der Waals surface area contributed by atoms with Gasteiger partial charge in [0.1, 0.15) is 10.7 Å². The summed E-state index contributed by atoms with van der Waals surface area (Å²) in [5.74, 6) is -0.255. The van der Waals surface area contributed by atoms with Gasteiger partial charge < -0.3 is 11.1 Å². The van der Waals surface area contributed by atoms with Gasteiger partial charge in [0.15, 0.2) is 0 Å². The van der Waals surface area contributed by atoms with Crippen molar-refractivity contribution in [3.63, 3.8) is 0 Å². The number of nitrogens with one attached hydrogen (secondary N) is 1. The number of amides is 1. The maximum absolute atomic E-state index is 12.0. The van der Waals surface area contributed by atoms with Gasteiger partial charge >= 0.3 is 0 Å². The third-order valence-corrected chi connectivity index (χ3v) is 5.07. The lowest BCUT2D eigenvalue weighted by atomic mass is 10.1. The summed E-state index contributed by atoms with van der Waals surface area (Å²) in [4.78, 5) is 16.2. The predicted octanol–water partition coefficient (Wildman–Crippen LogP) is 0.783. The molecule has 7 nitrogen and oxygen atoms in total. The third kappa shape index (κ3) is 4.83. The van der Waals surface area contributed by atoms with E-state index in [0.717, 1.165) is 5.56 Å². The Morgan fingerprint density at radius 3 is 2.52 bits per heavy atom. The van der Waals surface area contributed by atoms with E-state index < -0.39 is 10.0 Å². The van der Waals surface area contributed by atoms with E-state index in [9.17, 15) is 13.2 Å². The highest BCUT2D eigenvalue weighted by Gasteiger charge is 2.12. The molecule has 1 amide bonds. The van der Waals surface area contributed by atoms with Crippen LogP contribution in [-0.2, 0) is 16.4 Å². The van der Waals surface area contributed by atoms with Gasteiger partial charge in [0.25, 0.3) is 5.91 Å². The lowest BCUT2D eigenvalue weighted by Gasteiger charge is -2.05. The second kappa shape index (κ2) is 7.18. The standard InChI is InChI=1S/C14H18N4O3S2/c1-9(15)14-18-12(8-22-14)13(19)17-7-6-10-2-4-11(5-3-10)23(16,20)21/h2-5,8-9H,6-7,15H2,1H3,(H,17,19)(H2,16,20,21). The van der Waals surface area contributed by atoms with Gasteiger partial charge in [-0.1, -0.05) is 12.1 Å². The van der Waals surface area contributed by atoms with E-state index in [-0.39, 0.29) is 16.8 Å². The van der Waals surface area contributed by atoms with Crippen molar-refractivity contribution >= 4 is 27.3 Å². The Morgan fingerprint density at radius 2 is 2.00 bits per heavy atom. The molecule has 0 aliphatic rings. The van der Waals surface area contributed by atoms with Crippen LogP contribution in [0.2, 0.25) is 0 Å². The van der Waals surface area contributed by atoms with E-state index in [2.05, 4.69) is 10.3 Å². The number of nitrogens with zero attached hydrogens (tertiary/aromatic N) is 1. The minimum absolute atomic E-state index is 0.0659. The van der Waals surface area contributed by atoms with Gasteiger partial charge in [-0.3, -0.25) is 4.79 Å². The van der Waals surface area contributed by atoms with E-state index in [4.69, 9.17) is 10.9 Å². The minimum atomic E-state index is -3.68. The molecule has 1 unspecified atom stereocenters. The number of benzene rings is 1. The first-order valence-corrected chi connectivity index (χ1v) is 9.31. The first kappa shape index (κ1) is 17.5. The van der Waals surface area contributed by atoms with Crippen LogP contribution < -0.4 is 16.2 Å². The average molecular weight is 354 g/mol. The van der Waals surface area contributed by atoms with Crippen molar-refractivity contribution in [1.82, 2.24) is 10.3 Å². The lowest BCUT2D eigenvalue weighted by Crippen LogP contribution is -2.26. The molecule has 1 atom stereocenters. The minimum Gasteiger partial charge on any atom is -0.350 e.